The molecule has 2 rings (SSSR count). The Morgan fingerprint density at radius 2 is 1.84 bits per heavy atom. The monoisotopic (exact) mass is 276 g/mol. The number of aromatic hydroxyl groups is 1. The lowest BCUT2D eigenvalue weighted by Crippen LogP contribution is -2.19. The van der Waals surface area contributed by atoms with Gasteiger partial charge in [0, 0.05) is 10.7 Å². The standard InChI is InChI=1S/C14H13ClN2O2/c1-9-7-13(18)12(8-11(9)15)17-14(19)16-10-5-3-2-4-6-10/h2-8,18H,1H3,(H2,16,17,19). The summed E-state index contributed by atoms with van der Waals surface area (Å²) < 4.78 is 0. The van der Waals surface area contributed by atoms with Crippen LogP contribution in [0.1, 0.15) is 5.56 Å². The van der Waals surface area contributed by atoms with Gasteiger partial charge in [0.25, 0.3) is 0 Å². The van der Waals surface area contributed by atoms with E-state index in [0.29, 0.717) is 10.7 Å². The topological polar surface area (TPSA) is 61.4 Å². The van der Waals surface area contributed by atoms with Crippen molar-refractivity contribution in [2.45, 2.75) is 6.92 Å². The molecule has 0 aliphatic carbocycles. The summed E-state index contributed by atoms with van der Waals surface area (Å²) in [5, 5.41) is 15.4. The molecule has 4 nitrogen and oxygen atoms in total. The zero-order chi connectivity index (χ0) is 13.8. The number of rotatable bonds is 2. The molecule has 0 aliphatic rings. The normalized spacial score (nSPS) is 10.0. The molecule has 0 unspecified atom stereocenters. The van der Waals surface area contributed by atoms with Crippen molar-refractivity contribution in [1.29, 1.82) is 0 Å². The van der Waals surface area contributed by atoms with Crippen molar-refractivity contribution >= 4 is 29.0 Å². The molecule has 0 heterocycles. The second-order valence-electron chi connectivity index (χ2n) is 4.06. The zero-order valence-corrected chi connectivity index (χ0v) is 11.0. The number of carbonyl (C=O) groups is 1. The van der Waals surface area contributed by atoms with Crippen LogP contribution in [0.15, 0.2) is 42.5 Å². The molecule has 3 N–H and O–H groups in total. The summed E-state index contributed by atoms with van der Waals surface area (Å²) >= 11 is 5.95. The van der Waals surface area contributed by atoms with Gasteiger partial charge in [0.1, 0.15) is 5.75 Å². The zero-order valence-electron chi connectivity index (χ0n) is 10.3. The smallest absolute Gasteiger partial charge is 0.323 e. The number of para-hydroxylation sites is 1. The molecule has 0 spiro atoms. The predicted molar refractivity (Wildman–Crippen MR) is 76.9 cm³/mol. The largest absolute Gasteiger partial charge is 0.506 e. The van der Waals surface area contributed by atoms with Crippen molar-refractivity contribution in [3.8, 4) is 5.75 Å². The molecule has 0 saturated carbocycles. The molecule has 0 aromatic heterocycles. The van der Waals surface area contributed by atoms with Crippen LogP contribution in [0.5, 0.6) is 5.75 Å². The molecule has 2 aromatic carbocycles. The number of carbonyl (C=O) groups excluding carboxylic acids is 1. The van der Waals surface area contributed by atoms with Crippen LogP contribution in [-0.2, 0) is 0 Å². The third kappa shape index (κ3) is 3.39. The average molecular weight is 277 g/mol. The Bertz CT molecular complexity index is 600. The van der Waals surface area contributed by atoms with Crippen LogP contribution in [0.25, 0.3) is 0 Å². The first kappa shape index (κ1) is 13.2. The first-order chi connectivity index (χ1) is 9.06. The van der Waals surface area contributed by atoms with E-state index < -0.39 is 6.03 Å². The second kappa shape index (κ2) is 5.63. The number of benzene rings is 2. The lowest BCUT2D eigenvalue weighted by molar-refractivity contribution is 0.262. The molecule has 5 heteroatoms. The number of amides is 2. The number of urea groups is 1. The third-order valence-electron chi connectivity index (χ3n) is 2.56. The summed E-state index contributed by atoms with van der Waals surface area (Å²) in [6, 6.07) is 11.6. The average Bonchev–Trinajstić information content (AvgIpc) is 2.37. The lowest BCUT2D eigenvalue weighted by Gasteiger charge is -2.10. The van der Waals surface area contributed by atoms with Gasteiger partial charge in [-0.1, -0.05) is 29.8 Å². The number of nitrogens with one attached hydrogen (secondary N) is 2. The number of phenols is 1. The van der Waals surface area contributed by atoms with Crippen LogP contribution >= 0.6 is 11.6 Å². The highest BCUT2D eigenvalue weighted by molar-refractivity contribution is 6.31. The third-order valence-corrected chi connectivity index (χ3v) is 2.96. The number of anilines is 2. The van der Waals surface area contributed by atoms with Crippen LogP contribution < -0.4 is 10.6 Å². The van der Waals surface area contributed by atoms with Gasteiger partial charge in [-0.05, 0) is 36.8 Å². The maximum absolute atomic E-state index is 11.8. The Kier molecular flexibility index (Phi) is 3.92. The van der Waals surface area contributed by atoms with E-state index in [-0.39, 0.29) is 11.4 Å². The maximum Gasteiger partial charge on any atom is 0.323 e. The minimum atomic E-state index is -0.443. The van der Waals surface area contributed by atoms with Crippen molar-refractivity contribution < 1.29 is 9.90 Å². The van der Waals surface area contributed by atoms with Crippen LogP contribution in [0.3, 0.4) is 0 Å². The summed E-state index contributed by atoms with van der Waals surface area (Å²) in [5.41, 5.74) is 1.68. The van der Waals surface area contributed by atoms with Crippen molar-refractivity contribution in [3.63, 3.8) is 0 Å². The van der Waals surface area contributed by atoms with E-state index in [1.54, 1.807) is 19.1 Å². The van der Waals surface area contributed by atoms with E-state index in [1.165, 1.54) is 12.1 Å². The summed E-state index contributed by atoms with van der Waals surface area (Å²) in [6.07, 6.45) is 0. The quantitative estimate of drug-likeness (QED) is 0.726. The summed E-state index contributed by atoms with van der Waals surface area (Å²) in [4.78, 5) is 11.8. The van der Waals surface area contributed by atoms with Gasteiger partial charge in [-0.3, -0.25) is 0 Å². The van der Waals surface area contributed by atoms with E-state index in [4.69, 9.17) is 11.6 Å². The van der Waals surface area contributed by atoms with Crippen LogP contribution in [0, 0.1) is 6.92 Å². The molecule has 0 radical (unpaired) electrons. The molecule has 0 aliphatic heterocycles. The highest BCUT2D eigenvalue weighted by atomic mass is 35.5. The van der Waals surface area contributed by atoms with Gasteiger partial charge < -0.3 is 15.7 Å². The van der Waals surface area contributed by atoms with Gasteiger partial charge in [0.15, 0.2) is 0 Å². The van der Waals surface area contributed by atoms with E-state index in [2.05, 4.69) is 10.6 Å². The fraction of sp³-hybridized carbons (Fsp3) is 0.0714. The Morgan fingerprint density at radius 1 is 1.16 bits per heavy atom. The number of hydrogen-bond donors (Lipinski definition) is 3. The van der Waals surface area contributed by atoms with Gasteiger partial charge in [0.05, 0.1) is 5.69 Å². The molecule has 0 saturated heterocycles. The van der Waals surface area contributed by atoms with Gasteiger partial charge in [-0.2, -0.15) is 0 Å². The highest BCUT2D eigenvalue weighted by Gasteiger charge is 2.09. The van der Waals surface area contributed by atoms with Gasteiger partial charge in [-0.15, -0.1) is 0 Å². The van der Waals surface area contributed by atoms with Crippen molar-refractivity contribution in [3.05, 3.63) is 53.1 Å². The van der Waals surface area contributed by atoms with Crippen LogP contribution in [-0.4, -0.2) is 11.1 Å². The lowest BCUT2D eigenvalue weighted by atomic mass is 10.2. The molecule has 2 amide bonds. The first-order valence-corrected chi connectivity index (χ1v) is 6.06. The Labute approximate surface area is 116 Å². The molecule has 0 fully saturated rings. The second-order valence-corrected chi connectivity index (χ2v) is 4.47. The molecule has 98 valence electrons. The number of hydrogen-bond acceptors (Lipinski definition) is 2. The van der Waals surface area contributed by atoms with Crippen molar-refractivity contribution in [1.82, 2.24) is 0 Å². The minimum absolute atomic E-state index is 0.0230. The van der Waals surface area contributed by atoms with Gasteiger partial charge >= 0.3 is 6.03 Å². The number of phenolic OH excluding ortho intramolecular Hbond substituents is 1. The molecule has 0 bridgehead atoms. The number of halogens is 1. The molecule has 2 aromatic rings. The molecule has 19 heavy (non-hydrogen) atoms. The Hall–Kier alpha value is -2.20. The Morgan fingerprint density at radius 3 is 2.53 bits per heavy atom. The van der Waals surface area contributed by atoms with Crippen molar-refractivity contribution in [2.24, 2.45) is 0 Å². The summed E-state index contributed by atoms with van der Waals surface area (Å²) in [6.45, 7) is 1.77. The summed E-state index contributed by atoms with van der Waals surface area (Å²) in [7, 11) is 0. The predicted octanol–water partition coefficient (Wildman–Crippen LogP) is 4.00. The first-order valence-electron chi connectivity index (χ1n) is 5.68. The van der Waals surface area contributed by atoms with Crippen LogP contribution in [0.2, 0.25) is 5.02 Å². The minimum Gasteiger partial charge on any atom is -0.506 e. The fourth-order valence-corrected chi connectivity index (χ4v) is 1.74. The summed E-state index contributed by atoms with van der Waals surface area (Å²) in [5.74, 6) is -0.0230. The maximum atomic E-state index is 11.8. The van der Waals surface area contributed by atoms with Crippen molar-refractivity contribution in [2.75, 3.05) is 10.6 Å². The highest BCUT2D eigenvalue weighted by Crippen LogP contribution is 2.29. The SMILES string of the molecule is Cc1cc(O)c(NC(=O)Nc2ccccc2)cc1Cl. The van der Waals surface area contributed by atoms with E-state index in [1.807, 2.05) is 18.2 Å². The number of aryl methyl sites for hydroxylation is 1. The van der Waals surface area contributed by atoms with E-state index in [0.717, 1.165) is 5.56 Å². The Balaban J connectivity index is 2.09. The van der Waals surface area contributed by atoms with Gasteiger partial charge in [-0.25, -0.2) is 4.79 Å². The molecule has 0 atom stereocenters. The molecular weight excluding hydrogens is 264 g/mol. The van der Waals surface area contributed by atoms with E-state index >= 15 is 0 Å². The fourth-order valence-electron chi connectivity index (χ4n) is 1.57. The van der Waals surface area contributed by atoms with Gasteiger partial charge in [0.2, 0.25) is 0 Å². The van der Waals surface area contributed by atoms with Crippen LogP contribution in [0.4, 0.5) is 16.2 Å². The van der Waals surface area contributed by atoms with E-state index in [9.17, 15) is 9.90 Å². The molecular formula is C14H13ClN2O2.